The third-order valence-electron chi connectivity index (χ3n) is 8.92. The van der Waals surface area contributed by atoms with E-state index in [1.807, 2.05) is 49.4 Å². The van der Waals surface area contributed by atoms with Gasteiger partial charge in [-0.3, -0.25) is 9.59 Å². The number of nitrogens with one attached hydrogen (secondary N) is 3. The summed E-state index contributed by atoms with van der Waals surface area (Å²) in [6.45, 7) is 2.56. The van der Waals surface area contributed by atoms with Crippen LogP contribution in [0.3, 0.4) is 0 Å². The predicted octanol–water partition coefficient (Wildman–Crippen LogP) is 6.28. The maximum absolute atomic E-state index is 13.0. The maximum atomic E-state index is 13.0. The smallest absolute Gasteiger partial charge is 0.278 e. The second kappa shape index (κ2) is 12.6. The normalized spacial score (nSPS) is 17.2. The van der Waals surface area contributed by atoms with Crippen LogP contribution in [0.2, 0.25) is 10.0 Å². The van der Waals surface area contributed by atoms with Crippen LogP contribution in [-0.4, -0.2) is 45.4 Å². The molecule has 2 atom stereocenters. The lowest BCUT2D eigenvalue weighted by Gasteiger charge is -2.20. The van der Waals surface area contributed by atoms with Crippen molar-refractivity contribution in [2.75, 3.05) is 19.0 Å². The van der Waals surface area contributed by atoms with Crippen molar-refractivity contribution >= 4 is 51.4 Å². The van der Waals surface area contributed by atoms with Crippen LogP contribution in [-0.2, 0) is 18.3 Å². The summed E-state index contributed by atoms with van der Waals surface area (Å²) in [6.07, 6.45) is 4.85. The molecule has 4 heterocycles. The standard InChI is InChI=1S/C35H33Cl2N7O3/c1-18-14-20-16-39-44(2)35(46)30(20)33(40-18)42-26-9-5-7-23(32(26)37)22-6-4-8-24(31(22)36)27-15-19-10-12-25(29(19)34(43-27)47-3)38-17-21-11-13-28(45)41-21/h4-9,14-16,21,25,38H,10-13,17H2,1-3H3,(H,40,42)(H,41,45)/t21-,25-/m0/s1. The van der Waals surface area contributed by atoms with Gasteiger partial charge in [0.1, 0.15) is 5.82 Å². The van der Waals surface area contributed by atoms with Crippen LogP contribution in [0.4, 0.5) is 11.5 Å². The van der Waals surface area contributed by atoms with Gasteiger partial charge in [0.25, 0.3) is 5.56 Å². The first kappa shape index (κ1) is 31.1. The molecule has 240 valence electrons. The monoisotopic (exact) mass is 669 g/mol. The van der Waals surface area contributed by atoms with Crippen molar-refractivity contribution in [2.24, 2.45) is 7.05 Å². The van der Waals surface area contributed by atoms with Crippen molar-refractivity contribution in [2.45, 2.75) is 44.7 Å². The minimum absolute atomic E-state index is 0.0892. The summed E-state index contributed by atoms with van der Waals surface area (Å²) in [5, 5.41) is 16.1. The number of ether oxygens (including phenoxy) is 1. The number of halogens is 2. The number of amides is 1. The third kappa shape index (κ3) is 5.81. The number of nitrogens with zero attached hydrogens (tertiary/aromatic N) is 4. The highest BCUT2D eigenvalue weighted by molar-refractivity contribution is 6.39. The van der Waals surface area contributed by atoms with Crippen molar-refractivity contribution in [1.82, 2.24) is 30.4 Å². The van der Waals surface area contributed by atoms with Crippen LogP contribution in [0.25, 0.3) is 33.2 Å². The first-order valence-corrected chi connectivity index (χ1v) is 16.3. The number of methoxy groups -OCH3 is 1. The molecule has 5 aromatic rings. The van der Waals surface area contributed by atoms with Crippen LogP contribution in [0.5, 0.6) is 5.88 Å². The molecular formula is C35H33Cl2N7O3. The van der Waals surface area contributed by atoms with E-state index in [0.29, 0.717) is 62.4 Å². The molecule has 47 heavy (non-hydrogen) atoms. The highest BCUT2D eigenvalue weighted by atomic mass is 35.5. The van der Waals surface area contributed by atoms with Crippen LogP contribution in [0.15, 0.2) is 59.5 Å². The molecule has 3 N–H and O–H groups in total. The molecule has 0 unspecified atom stereocenters. The largest absolute Gasteiger partial charge is 0.481 e. The predicted molar refractivity (Wildman–Crippen MR) is 185 cm³/mol. The van der Waals surface area contributed by atoms with Gasteiger partial charge < -0.3 is 20.7 Å². The van der Waals surface area contributed by atoms with Gasteiger partial charge in [0.2, 0.25) is 11.8 Å². The van der Waals surface area contributed by atoms with E-state index in [-0.39, 0.29) is 23.6 Å². The fourth-order valence-electron chi connectivity index (χ4n) is 6.60. The summed E-state index contributed by atoms with van der Waals surface area (Å²) >= 11 is 14.2. The molecule has 0 saturated carbocycles. The second-order valence-electron chi connectivity index (χ2n) is 12.0. The average molecular weight is 671 g/mol. The number of hydrogen-bond acceptors (Lipinski definition) is 8. The first-order valence-electron chi connectivity index (χ1n) is 15.5. The van der Waals surface area contributed by atoms with Crippen molar-refractivity contribution in [3.8, 4) is 28.3 Å². The van der Waals surface area contributed by atoms with Crippen molar-refractivity contribution in [3.05, 3.63) is 91.9 Å². The van der Waals surface area contributed by atoms with Gasteiger partial charge in [-0.15, -0.1) is 0 Å². The van der Waals surface area contributed by atoms with E-state index in [1.165, 1.54) is 4.68 Å². The minimum Gasteiger partial charge on any atom is -0.481 e. The zero-order chi connectivity index (χ0) is 32.8. The number of benzene rings is 2. The number of aromatic nitrogens is 4. The summed E-state index contributed by atoms with van der Waals surface area (Å²) in [5.74, 6) is 1.07. The van der Waals surface area contributed by atoms with E-state index in [1.54, 1.807) is 20.4 Å². The lowest BCUT2D eigenvalue weighted by Crippen LogP contribution is -2.36. The SMILES string of the molecule is COc1nc(-c2cccc(-c3cccc(Nc4nc(C)cc5cnn(C)c(=O)c45)c3Cl)c2Cl)cc2c1[C@@H](NC[C@@H]1CCC(=O)N1)CC2. The molecule has 1 saturated heterocycles. The number of pyridine rings is 2. The molecule has 2 aromatic carbocycles. The topological polar surface area (TPSA) is 123 Å². The molecule has 0 radical (unpaired) electrons. The van der Waals surface area contributed by atoms with Gasteiger partial charge in [0.15, 0.2) is 0 Å². The molecule has 1 aliphatic carbocycles. The molecule has 0 spiro atoms. The number of carbonyl (C=O) groups is 1. The lowest BCUT2D eigenvalue weighted by molar-refractivity contribution is -0.119. The molecule has 1 fully saturated rings. The van der Waals surface area contributed by atoms with Crippen LogP contribution in [0, 0.1) is 6.92 Å². The molecule has 7 rings (SSSR count). The van der Waals surface area contributed by atoms with Crippen molar-refractivity contribution in [3.63, 3.8) is 0 Å². The van der Waals surface area contributed by atoms with E-state index >= 15 is 0 Å². The lowest BCUT2D eigenvalue weighted by atomic mass is 9.99. The van der Waals surface area contributed by atoms with Gasteiger partial charge in [0.05, 0.1) is 40.1 Å². The Morgan fingerprint density at radius 1 is 1.00 bits per heavy atom. The van der Waals surface area contributed by atoms with Crippen LogP contribution < -0.4 is 26.2 Å². The number of fused-ring (bicyclic) bond motifs is 2. The van der Waals surface area contributed by atoms with Gasteiger partial charge in [-0.2, -0.15) is 5.10 Å². The Morgan fingerprint density at radius 2 is 1.77 bits per heavy atom. The third-order valence-corrected chi connectivity index (χ3v) is 9.74. The molecule has 3 aromatic heterocycles. The Labute approximate surface area is 281 Å². The first-order chi connectivity index (χ1) is 22.7. The minimum atomic E-state index is -0.262. The second-order valence-corrected chi connectivity index (χ2v) is 12.8. The summed E-state index contributed by atoms with van der Waals surface area (Å²) in [7, 11) is 3.24. The Bertz CT molecular complexity index is 2120. The highest BCUT2D eigenvalue weighted by Gasteiger charge is 2.30. The zero-order valence-corrected chi connectivity index (χ0v) is 27.7. The van der Waals surface area contributed by atoms with Crippen LogP contribution in [0.1, 0.15) is 42.1 Å². The molecular weight excluding hydrogens is 637 g/mol. The summed E-state index contributed by atoms with van der Waals surface area (Å²) in [4.78, 5) is 34.2. The summed E-state index contributed by atoms with van der Waals surface area (Å²) in [6, 6.07) is 15.6. The number of rotatable bonds is 8. The Hall–Kier alpha value is -4.51. The fourth-order valence-corrected chi connectivity index (χ4v) is 7.20. The van der Waals surface area contributed by atoms with E-state index in [4.69, 9.17) is 32.9 Å². The van der Waals surface area contributed by atoms with Gasteiger partial charge >= 0.3 is 0 Å². The molecule has 2 aliphatic rings. The summed E-state index contributed by atoms with van der Waals surface area (Å²) < 4.78 is 7.09. The van der Waals surface area contributed by atoms with Gasteiger partial charge in [0, 0.05) is 65.4 Å². The summed E-state index contributed by atoms with van der Waals surface area (Å²) in [5.41, 5.74) is 6.18. The van der Waals surface area contributed by atoms with E-state index < -0.39 is 0 Å². The molecule has 10 nitrogen and oxygen atoms in total. The molecule has 1 amide bonds. The maximum Gasteiger partial charge on any atom is 0.278 e. The van der Waals surface area contributed by atoms with Gasteiger partial charge in [-0.25, -0.2) is 14.6 Å². The fraction of sp³-hybridized carbons (Fsp3) is 0.286. The molecule has 1 aliphatic heterocycles. The van der Waals surface area contributed by atoms with Crippen LogP contribution >= 0.6 is 23.2 Å². The number of aryl methyl sites for hydroxylation is 3. The Morgan fingerprint density at radius 3 is 2.53 bits per heavy atom. The van der Waals surface area contributed by atoms with E-state index in [0.717, 1.165) is 47.2 Å². The Balaban J connectivity index is 1.21. The Kier molecular flexibility index (Phi) is 8.34. The zero-order valence-electron chi connectivity index (χ0n) is 26.2. The molecule has 0 bridgehead atoms. The van der Waals surface area contributed by atoms with Crippen molar-refractivity contribution in [1.29, 1.82) is 0 Å². The number of anilines is 2. The molecule has 12 heteroatoms. The van der Waals surface area contributed by atoms with E-state index in [2.05, 4.69) is 32.1 Å². The quantitative estimate of drug-likeness (QED) is 0.176. The highest BCUT2D eigenvalue weighted by Crippen LogP contribution is 2.44. The van der Waals surface area contributed by atoms with Gasteiger partial charge in [-0.1, -0.05) is 53.5 Å². The number of carbonyl (C=O) groups excluding carboxylic acids is 1. The van der Waals surface area contributed by atoms with E-state index in [9.17, 15) is 9.59 Å². The number of hydrogen-bond donors (Lipinski definition) is 3. The van der Waals surface area contributed by atoms with Crippen molar-refractivity contribution < 1.29 is 9.53 Å². The van der Waals surface area contributed by atoms with Gasteiger partial charge in [-0.05, 0) is 49.9 Å². The average Bonchev–Trinajstić information content (AvgIpc) is 3.68.